The molecule has 0 bridgehead atoms. The number of carbonyl (C=O) groups excluding carboxylic acids is 3. The van der Waals surface area contributed by atoms with Crippen molar-refractivity contribution >= 4 is 29.1 Å². The number of hydrogen-bond acceptors (Lipinski definition) is 6. The van der Waals surface area contributed by atoms with Gasteiger partial charge in [-0.15, -0.1) is 0 Å². The van der Waals surface area contributed by atoms with Crippen molar-refractivity contribution in [2.45, 2.75) is 45.7 Å². The molecule has 4 heterocycles. The third-order valence-corrected chi connectivity index (χ3v) is 7.10. The lowest BCUT2D eigenvalue weighted by atomic mass is 10.0. The molecule has 1 atom stereocenters. The zero-order valence-corrected chi connectivity index (χ0v) is 23.2. The Bertz CT molecular complexity index is 1550. The van der Waals surface area contributed by atoms with E-state index in [9.17, 15) is 19.5 Å². The fraction of sp³-hybridized carbons (Fsp3) is 0.323. The summed E-state index contributed by atoms with van der Waals surface area (Å²) < 4.78 is 1.60. The predicted molar refractivity (Wildman–Crippen MR) is 155 cm³/mol. The number of nitrogens with one attached hydrogen (secondary N) is 2. The molecule has 4 aromatic rings. The highest BCUT2D eigenvalue weighted by Gasteiger charge is 2.26. The van der Waals surface area contributed by atoms with Crippen molar-refractivity contribution in [1.29, 1.82) is 0 Å². The summed E-state index contributed by atoms with van der Waals surface area (Å²) in [5.41, 5.74) is 3.45. The van der Waals surface area contributed by atoms with Crippen molar-refractivity contribution in [1.82, 2.24) is 25.0 Å². The number of nitrogens with zero attached hydrogens (tertiary/aromatic N) is 4. The Morgan fingerprint density at radius 3 is 2.51 bits per heavy atom. The van der Waals surface area contributed by atoms with Crippen LogP contribution >= 0.6 is 0 Å². The highest BCUT2D eigenvalue weighted by Crippen LogP contribution is 2.25. The van der Waals surface area contributed by atoms with Crippen molar-refractivity contribution in [2.24, 2.45) is 5.92 Å². The zero-order chi connectivity index (χ0) is 28.9. The Morgan fingerprint density at radius 2 is 1.85 bits per heavy atom. The van der Waals surface area contributed by atoms with Gasteiger partial charge in [-0.2, -0.15) is 0 Å². The molecule has 1 saturated heterocycles. The molecule has 3 aromatic heterocycles. The third-order valence-electron chi connectivity index (χ3n) is 7.10. The molecule has 5 rings (SSSR count). The third kappa shape index (κ3) is 6.12. The van der Waals surface area contributed by atoms with E-state index in [1.165, 1.54) is 0 Å². The van der Waals surface area contributed by atoms with E-state index in [1.54, 1.807) is 46.0 Å². The highest BCUT2D eigenvalue weighted by atomic mass is 16.3. The van der Waals surface area contributed by atoms with Crippen molar-refractivity contribution in [2.75, 3.05) is 18.1 Å². The van der Waals surface area contributed by atoms with E-state index in [4.69, 9.17) is 4.98 Å². The van der Waals surface area contributed by atoms with Crippen LogP contribution < -0.4 is 15.5 Å². The van der Waals surface area contributed by atoms with Crippen LogP contribution in [0.15, 0.2) is 67.0 Å². The summed E-state index contributed by atoms with van der Waals surface area (Å²) in [4.78, 5) is 49.8. The smallest absolute Gasteiger partial charge is 0.270 e. The van der Waals surface area contributed by atoms with Gasteiger partial charge in [-0.25, -0.2) is 4.98 Å². The first-order valence-corrected chi connectivity index (χ1v) is 13.9. The Labute approximate surface area is 238 Å². The number of aliphatic hydroxyl groups is 1. The van der Waals surface area contributed by atoms with Gasteiger partial charge in [-0.1, -0.05) is 32.0 Å². The first-order valence-electron chi connectivity index (χ1n) is 13.9. The maximum atomic E-state index is 13.6. The van der Waals surface area contributed by atoms with Gasteiger partial charge in [-0.05, 0) is 60.7 Å². The number of anilines is 1. The second-order valence-electron chi connectivity index (χ2n) is 10.6. The highest BCUT2D eigenvalue weighted by molar-refractivity contribution is 6.04. The number of pyridine rings is 2. The van der Waals surface area contributed by atoms with Crippen molar-refractivity contribution in [3.05, 3.63) is 83.8 Å². The summed E-state index contributed by atoms with van der Waals surface area (Å²) in [7, 11) is 0. The molecule has 1 aliphatic rings. The second kappa shape index (κ2) is 12.3. The van der Waals surface area contributed by atoms with E-state index < -0.39 is 11.9 Å². The van der Waals surface area contributed by atoms with E-state index in [0.29, 0.717) is 35.4 Å². The van der Waals surface area contributed by atoms with E-state index in [0.717, 1.165) is 24.2 Å². The quantitative estimate of drug-likeness (QED) is 0.275. The maximum Gasteiger partial charge on any atom is 0.270 e. The van der Waals surface area contributed by atoms with Gasteiger partial charge in [0.25, 0.3) is 11.8 Å². The van der Waals surface area contributed by atoms with Crippen LogP contribution in [-0.2, 0) is 11.3 Å². The number of rotatable bonds is 10. The van der Waals surface area contributed by atoms with Gasteiger partial charge in [0.2, 0.25) is 5.91 Å². The summed E-state index contributed by atoms with van der Waals surface area (Å²) in [5.74, 6) is -0.346. The number of imidazole rings is 1. The van der Waals surface area contributed by atoms with E-state index in [2.05, 4.69) is 15.6 Å². The van der Waals surface area contributed by atoms with Crippen LogP contribution in [0.3, 0.4) is 0 Å². The number of carbonyl (C=O) groups is 3. The predicted octanol–water partition coefficient (Wildman–Crippen LogP) is 3.59. The largest absolute Gasteiger partial charge is 0.394 e. The summed E-state index contributed by atoms with van der Waals surface area (Å²) >= 11 is 0. The molecule has 41 heavy (non-hydrogen) atoms. The topological polar surface area (TPSA) is 129 Å². The molecule has 3 N–H and O–H groups in total. The van der Waals surface area contributed by atoms with Gasteiger partial charge < -0.3 is 20.6 Å². The lowest BCUT2D eigenvalue weighted by molar-refractivity contribution is -0.117. The van der Waals surface area contributed by atoms with Gasteiger partial charge in [0.15, 0.2) is 5.65 Å². The Kier molecular flexibility index (Phi) is 8.39. The Balaban J connectivity index is 1.41. The molecule has 1 aliphatic heterocycles. The first kappa shape index (κ1) is 28.0. The number of hydrogen-bond donors (Lipinski definition) is 3. The van der Waals surface area contributed by atoms with Crippen LogP contribution in [0, 0.1) is 5.92 Å². The summed E-state index contributed by atoms with van der Waals surface area (Å²) in [6.07, 6.45) is 5.36. The average molecular weight is 555 g/mol. The molecule has 0 radical (unpaired) electrons. The fourth-order valence-electron chi connectivity index (χ4n) is 5.14. The van der Waals surface area contributed by atoms with Crippen LogP contribution in [0.4, 0.5) is 5.69 Å². The lowest BCUT2D eigenvalue weighted by Gasteiger charge is -2.18. The molecule has 0 saturated carbocycles. The lowest BCUT2D eigenvalue weighted by Crippen LogP contribution is -2.39. The molecule has 1 fully saturated rings. The number of fused-ring (bicyclic) bond motifs is 1. The van der Waals surface area contributed by atoms with E-state index >= 15 is 0 Å². The SMILES string of the molecule is CC(C)C[C@@H](CO)NC(=O)c1c(-c2ccccn2)nc2c(C(=O)NCc3ccc(N4CCCC4=O)cc3)cccn12. The molecular weight excluding hydrogens is 520 g/mol. The summed E-state index contributed by atoms with van der Waals surface area (Å²) in [6, 6.07) is 15.9. The minimum atomic E-state index is -0.425. The van der Waals surface area contributed by atoms with Crippen LogP contribution in [0.25, 0.3) is 17.0 Å². The first-order chi connectivity index (χ1) is 19.9. The zero-order valence-electron chi connectivity index (χ0n) is 23.2. The van der Waals surface area contributed by atoms with Gasteiger partial charge in [0.05, 0.1) is 23.9 Å². The average Bonchev–Trinajstić information content (AvgIpc) is 3.59. The van der Waals surface area contributed by atoms with Crippen LogP contribution in [-0.4, -0.2) is 56.4 Å². The van der Waals surface area contributed by atoms with Gasteiger partial charge in [0, 0.05) is 37.6 Å². The minimum absolute atomic E-state index is 0.128. The molecule has 10 heteroatoms. The summed E-state index contributed by atoms with van der Waals surface area (Å²) in [5, 5.41) is 15.7. The molecule has 0 spiro atoms. The van der Waals surface area contributed by atoms with Crippen LogP contribution in [0.2, 0.25) is 0 Å². The normalized spacial score (nSPS) is 14.0. The van der Waals surface area contributed by atoms with Gasteiger partial charge in [-0.3, -0.25) is 23.8 Å². The molecule has 212 valence electrons. The van der Waals surface area contributed by atoms with Crippen LogP contribution in [0.1, 0.15) is 59.5 Å². The molecule has 0 aliphatic carbocycles. The van der Waals surface area contributed by atoms with E-state index in [1.807, 2.05) is 44.2 Å². The second-order valence-corrected chi connectivity index (χ2v) is 10.6. The van der Waals surface area contributed by atoms with Gasteiger partial charge in [0.1, 0.15) is 11.4 Å². The molecule has 0 unspecified atom stereocenters. The fourth-order valence-corrected chi connectivity index (χ4v) is 5.14. The van der Waals surface area contributed by atoms with Crippen molar-refractivity contribution < 1.29 is 19.5 Å². The Hall–Kier alpha value is -4.57. The minimum Gasteiger partial charge on any atom is -0.394 e. The van der Waals surface area contributed by atoms with Crippen LogP contribution in [0.5, 0.6) is 0 Å². The molecule has 3 amide bonds. The molecular formula is C31H34N6O4. The Morgan fingerprint density at radius 1 is 1.05 bits per heavy atom. The maximum absolute atomic E-state index is 13.6. The number of aromatic nitrogens is 3. The van der Waals surface area contributed by atoms with Gasteiger partial charge >= 0.3 is 0 Å². The number of benzene rings is 1. The standard InChI is InChI=1S/C31H34N6O4/c1-20(2)17-22(19-38)34-31(41)28-27(25-8-3-4-14-32-25)35-29-24(7-5-16-37(28)29)30(40)33-18-21-10-12-23(13-11-21)36-15-6-9-26(36)39/h3-5,7-8,10-14,16,20,22,38H,6,9,15,17-19H2,1-2H3,(H,33,40)(H,34,41)/t22-/m0/s1. The summed E-state index contributed by atoms with van der Waals surface area (Å²) in [6.45, 7) is 4.86. The molecule has 10 nitrogen and oxygen atoms in total. The number of aliphatic hydroxyl groups excluding tert-OH is 1. The monoisotopic (exact) mass is 554 g/mol. The number of amides is 3. The molecule has 1 aromatic carbocycles. The van der Waals surface area contributed by atoms with Crippen molar-refractivity contribution in [3.63, 3.8) is 0 Å². The van der Waals surface area contributed by atoms with E-state index in [-0.39, 0.29) is 36.6 Å². The van der Waals surface area contributed by atoms with Crippen molar-refractivity contribution in [3.8, 4) is 11.4 Å².